The van der Waals surface area contributed by atoms with Crippen molar-refractivity contribution < 1.29 is 0 Å². The molecule has 10 aromatic carbocycles. The molecule has 0 aliphatic heterocycles. The Morgan fingerprint density at radius 3 is 1.71 bits per heavy atom. The lowest BCUT2D eigenvalue weighted by molar-refractivity contribution is 0.771. The van der Waals surface area contributed by atoms with Crippen molar-refractivity contribution in [3.63, 3.8) is 0 Å². The molecule has 298 valence electrons. The van der Waals surface area contributed by atoms with Gasteiger partial charge in [0, 0.05) is 11.1 Å². The zero-order valence-corrected chi connectivity index (χ0v) is 34.8. The van der Waals surface area contributed by atoms with E-state index in [1.54, 1.807) is 0 Å². The molecule has 0 fully saturated rings. The standard InChI is InChI=1S/C61H44N2/c62-60(46-21-7-2-8-22-46)63-57(41-34-42-32-35-44(36-33-42)43-18-5-1-6-19-43)53-39-38-52(50-28-15-16-29-51(50)53)54-30-17-31-55-58-49-27-14-13-20-45(49)37-40-56(58)61(59(54)55,47-23-9-3-10-24-47)48-25-11-4-12-26-48/h1-33,35-41H,34H2,(H2,62,63)/b57-41-. The average molecular weight is 805 g/mol. The van der Waals surface area contributed by atoms with Crippen molar-refractivity contribution in [1.29, 1.82) is 0 Å². The van der Waals surface area contributed by atoms with Gasteiger partial charge in [-0.25, -0.2) is 4.99 Å². The Morgan fingerprint density at radius 2 is 1.02 bits per heavy atom. The van der Waals surface area contributed by atoms with Crippen molar-refractivity contribution in [2.24, 2.45) is 10.7 Å². The highest BCUT2D eigenvalue weighted by Gasteiger charge is 2.48. The molecule has 0 bridgehead atoms. The first-order valence-corrected chi connectivity index (χ1v) is 21.7. The number of hydrogen-bond acceptors (Lipinski definition) is 1. The Morgan fingerprint density at radius 1 is 0.444 bits per heavy atom. The van der Waals surface area contributed by atoms with Crippen molar-refractivity contribution in [1.82, 2.24) is 0 Å². The second-order valence-corrected chi connectivity index (χ2v) is 16.3. The second-order valence-electron chi connectivity index (χ2n) is 16.3. The molecule has 2 heteroatoms. The third kappa shape index (κ3) is 6.56. The number of nitrogens with zero attached hydrogens (tertiary/aromatic N) is 1. The van der Waals surface area contributed by atoms with Crippen LogP contribution in [0.4, 0.5) is 0 Å². The number of nitrogens with two attached hydrogens (primary N) is 1. The van der Waals surface area contributed by atoms with Gasteiger partial charge in [0.15, 0.2) is 0 Å². The van der Waals surface area contributed by atoms with E-state index in [9.17, 15) is 0 Å². The van der Waals surface area contributed by atoms with Crippen molar-refractivity contribution >= 4 is 33.1 Å². The number of hydrogen-bond donors (Lipinski definition) is 1. The molecular weight excluding hydrogens is 761 g/mol. The monoisotopic (exact) mass is 804 g/mol. The summed E-state index contributed by atoms with van der Waals surface area (Å²) in [4.78, 5) is 5.22. The van der Waals surface area contributed by atoms with Crippen molar-refractivity contribution in [2.45, 2.75) is 11.8 Å². The lowest BCUT2D eigenvalue weighted by Crippen LogP contribution is -2.29. The average Bonchev–Trinajstić information content (AvgIpc) is 3.68. The van der Waals surface area contributed by atoms with E-state index in [-0.39, 0.29) is 0 Å². The predicted molar refractivity (Wildman–Crippen MR) is 265 cm³/mol. The summed E-state index contributed by atoms with van der Waals surface area (Å²) in [5, 5.41) is 4.78. The van der Waals surface area contributed by atoms with Gasteiger partial charge in [-0.3, -0.25) is 0 Å². The molecule has 0 atom stereocenters. The quantitative estimate of drug-likeness (QED) is 0.115. The van der Waals surface area contributed by atoms with Gasteiger partial charge in [0.2, 0.25) is 0 Å². The molecule has 2 N–H and O–H groups in total. The third-order valence-electron chi connectivity index (χ3n) is 12.8. The molecule has 0 unspecified atom stereocenters. The number of aliphatic imine (C=N–C) groups is 1. The van der Waals surface area contributed by atoms with E-state index in [1.807, 2.05) is 30.3 Å². The van der Waals surface area contributed by atoms with E-state index in [0.29, 0.717) is 12.3 Å². The maximum Gasteiger partial charge on any atom is 0.131 e. The zero-order valence-electron chi connectivity index (χ0n) is 34.8. The Hall–Kier alpha value is -8.07. The number of allylic oxidation sites excluding steroid dienone is 1. The molecule has 63 heavy (non-hydrogen) atoms. The first-order chi connectivity index (χ1) is 31.2. The maximum atomic E-state index is 6.84. The van der Waals surface area contributed by atoms with Gasteiger partial charge in [0.1, 0.15) is 5.84 Å². The van der Waals surface area contributed by atoms with Crippen LogP contribution in [-0.2, 0) is 11.8 Å². The van der Waals surface area contributed by atoms with Gasteiger partial charge >= 0.3 is 0 Å². The molecule has 0 spiro atoms. The maximum absolute atomic E-state index is 6.84. The van der Waals surface area contributed by atoms with E-state index in [4.69, 9.17) is 10.7 Å². The van der Waals surface area contributed by atoms with Gasteiger partial charge in [-0.1, -0.05) is 243 Å². The topological polar surface area (TPSA) is 38.4 Å². The van der Waals surface area contributed by atoms with Crippen LogP contribution in [0.2, 0.25) is 0 Å². The van der Waals surface area contributed by atoms with Gasteiger partial charge in [-0.05, 0) is 89.2 Å². The lowest BCUT2D eigenvalue weighted by Gasteiger charge is -2.35. The minimum atomic E-state index is -0.580. The highest BCUT2D eigenvalue weighted by atomic mass is 14.9. The van der Waals surface area contributed by atoms with Gasteiger partial charge in [-0.15, -0.1) is 0 Å². The van der Waals surface area contributed by atoms with Crippen LogP contribution < -0.4 is 5.73 Å². The van der Waals surface area contributed by atoms with E-state index in [0.717, 1.165) is 27.6 Å². The van der Waals surface area contributed by atoms with Crippen LogP contribution in [0.1, 0.15) is 38.9 Å². The number of fused-ring (bicyclic) bond motifs is 6. The molecule has 2 nitrogen and oxygen atoms in total. The summed E-state index contributed by atoms with van der Waals surface area (Å²) in [7, 11) is 0. The minimum absolute atomic E-state index is 0.482. The van der Waals surface area contributed by atoms with E-state index in [1.165, 1.54) is 72.0 Å². The van der Waals surface area contributed by atoms with Crippen LogP contribution in [0, 0.1) is 0 Å². The molecule has 1 aliphatic rings. The summed E-state index contributed by atoms with van der Waals surface area (Å²) < 4.78 is 0. The fourth-order valence-electron chi connectivity index (χ4n) is 10.00. The fourth-order valence-corrected chi connectivity index (χ4v) is 10.00. The Labute approximate surface area is 369 Å². The molecule has 0 saturated carbocycles. The summed E-state index contributed by atoms with van der Waals surface area (Å²) in [6.45, 7) is 0. The molecule has 0 aromatic heterocycles. The molecule has 10 aromatic rings. The summed E-state index contributed by atoms with van der Waals surface area (Å²) in [5.41, 5.74) is 22.7. The lowest BCUT2D eigenvalue weighted by atomic mass is 9.66. The van der Waals surface area contributed by atoms with Gasteiger partial charge < -0.3 is 5.73 Å². The van der Waals surface area contributed by atoms with Crippen molar-refractivity contribution in [3.05, 3.63) is 282 Å². The molecule has 0 heterocycles. The number of rotatable bonds is 9. The zero-order chi connectivity index (χ0) is 42.2. The highest BCUT2D eigenvalue weighted by molar-refractivity contribution is 6.10. The molecule has 11 rings (SSSR count). The predicted octanol–water partition coefficient (Wildman–Crippen LogP) is 14.7. The molecule has 1 aliphatic carbocycles. The molecule has 0 amide bonds. The molecule has 0 radical (unpaired) electrons. The van der Waals surface area contributed by atoms with Crippen LogP contribution in [0.3, 0.4) is 0 Å². The third-order valence-corrected chi connectivity index (χ3v) is 12.8. The molecular formula is C61H44N2. The van der Waals surface area contributed by atoms with E-state index >= 15 is 0 Å². The van der Waals surface area contributed by atoms with Crippen molar-refractivity contribution in [2.75, 3.05) is 0 Å². The second kappa shape index (κ2) is 16.1. The number of benzene rings is 10. The summed E-state index contributed by atoms with van der Waals surface area (Å²) in [6.07, 6.45) is 2.92. The van der Waals surface area contributed by atoms with Crippen LogP contribution >= 0.6 is 0 Å². The number of amidine groups is 1. The summed E-state index contributed by atoms with van der Waals surface area (Å²) in [6, 6.07) is 85.3. The van der Waals surface area contributed by atoms with Gasteiger partial charge in [0.25, 0.3) is 0 Å². The molecule has 0 saturated heterocycles. The normalized spacial score (nSPS) is 13.2. The largest absolute Gasteiger partial charge is 0.383 e. The van der Waals surface area contributed by atoms with Gasteiger partial charge in [-0.2, -0.15) is 0 Å². The van der Waals surface area contributed by atoms with Crippen LogP contribution in [-0.4, -0.2) is 5.84 Å². The smallest absolute Gasteiger partial charge is 0.131 e. The Balaban J connectivity index is 1.12. The van der Waals surface area contributed by atoms with Crippen LogP contribution in [0.15, 0.2) is 248 Å². The Kier molecular flexibility index (Phi) is 9.67. The van der Waals surface area contributed by atoms with E-state index in [2.05, 4.69) is 212 Å². The fraction of sp³-hybridized carbons (Fsp3) is 0.0328. The van der Waals surface area contributed by atoms with Crippen molar-refractivity contribution in [3.8, 4) is 33.4 Å². The van der Waals surface area contributed by atoms with E-state index < -0.39 is 5.41 Å². The SMILES string of the molecule is NC(=N/C(=C\Cc1ccc(-c2ccccc2)cc1)c1ccc(-c2cccc3c2C(c2ccccc2)(c2ccccc2)c2ccc4ccccc4c2-3)c2ccccc12)c1ccccc1. The summed E-state index contributed by atoms with van der Waals surface area (Å²) in [5.74, 6) is 0.482. The minimum Gasteiger partial charge on any atom is -0.383 e. The van der Waals surface area contributed by atoms with Gasteiger partial charge in [0.05, 0.1) is 11.1 Å². The van der Waals surface area contributed by atoms with Crippen LogP contribution in [0.5, 0.6) is 0 Å². The summed E-state index contributed by atoms with van der Waals surface area (Å²) >= 11 is 0. The van der Waals surface area contributed by atoms with Crippen LogP contribution in [0.25, 0.3) is 60.6 Å². The first kappa shape index (κ1) is 37.9. The Bertz CT molecular complexity index is 3290. The highest BCUT2D eigenvalue weighted by Crippen LogP contribution is 2.60. The first-order valence-electron chi connectivity index (χ1n) is 21.7.